The molecular weight excluding hydrogens is 256 g/mol. The molecule has 1 aromatic carbocycles. The van der Waals surface area contributed by atoms with Gasteiger partial charge in [0, 0.05) is 23.6 Å². The Morgan fingerprint density at radius 1 is 1.47 bits per heavy atom. The summed E-state index contributed by atoms with van der Waals surface area (Å²) in [5.41, 5.74) is 6.49. The number of nitrogens with two attached hydrogens (primary N) is 1. The van der Waals surface area contributed by atoms with Crippen molar-refractivity contribution in [2.75, 3.05) is 13.1 Å². The van der Waals surface area contributed by atoms with Crippen LogP contribution in [0, 0.1) is 0 Å². The molecule has 0 saturated carbocycles. The summed E-state index contributed by atoms with van der Waals surface area (Å²) in [6.45, 7) is 1.43. The molecule has 1 heterocycles. The Labute approximate surface area is 97.4 Å². The van der Waals surface area contributed by atoms with Crippen molar-refractivity contribution in [3.63, 3.8) is 0 Å². The summed E-state index contributed by atoms with van der Waals surface area (Å²) in [4.78, 5) is 13.9. The summed E-state index contributed by atoms with van der Waals surface area (Å²) in [6, 6.07) is 7.61. The molecule has 2 rings (SSSR count). The van der Waals surface area contributed by atoms with Crippen molar-refractivity contribution in [2.24, 2.45) is 5.73 Å². The van der Waals surface area contributed by atoms with Gasteiger partial charge in [-0.3, -0.25) is 4.79 Å². The van der Waals surface area contributed by atoms with Crippen molar-refractivity contribution >= 4 is 21.8 Å². The molecule has 1 atom stereocenters. The number of hydrogen-bond acceptors (Lipinski definition) is 2. The van der Waals surface area contributed by atoms with Gasteiger partial charge in [0.1, 0.15) is 0 Å². The van der Waals surface area contributed by atoms with Crippen molar-refractivity contribution in [3.05, 3.63) is 34.3 Å². The number of benzene rings is 1. The van der Waals surface area contributed by atoms with Gasteiger partial charge < -0.3 is 10.6 Å². The molecule has 0 spiro atoms. The SMILES string of the molecule is N[C@@H]1CCN(C(=O)c2ccccc2Br)C1. The summed E-state index contributed by atoms with van der Waals surface area (Å²) in [5, 5.41) is 0. The van der Waals surface area contributed by atoms with E-state index in [9.17, 15) is 4.79 Å². The van der Waals surface area contributed by atoms with Crippen LogP contribution in [-0.2, 0) is 0 Å². The first-order valence-electron chi connectivity index (χ1n) is 4.98. The van der Waals surface area contributed by atoms with Crippen LogP contribution in [0.3, 0.4) is 0 Å². The summed E-state index contributed by atoms with van der Waals surface area (Å²) in [7, 11) is 0. The van der Waals surface area contributed by atoms with E-state index in [0.717, 1.165) is 17.4 Å². The normalized spacial score (nSPS) is 20.7. The minimum Gasteiger partial charge on any atom is -0.337 e. The van der Waals surface area contributed by atoms with Crippen LogP contribution in [0.4, 0.5) is 0 Å². The van der Waals surface area contributed by atoms with Gasteiger partial charge in [0.15, 0.2) is 0 Å². The van der Waals surface area contributed by atoms with E-state index < -0.39 is 0 Å². The first-order chi connectivity index (χ1) is 7.18. The lowest BCUT2D eigenvalue weighted by Gasteiger charge is -2.16. The van der Waals surface area contributed by atoms with Crippen LogP contribution in [0.1, 0.15) is 16.8 Å². The average Bonchev–Trinajstić information content (AvgIpc) is 2.65. The number of carbonyl (C=O) groups excluding carboxylic acids is 1. The summed E-state index contributed by atoms with van der Waals surface area (Å²) >= 11 is 3.38. The van der Waals surface area contributed by atoms with E-state index in [4.69, 9.17) is 5.73 Å². The third kappa shape index (κ3) is 2.21. The fourth-order valence-electron chi connectivity index (χ4n) is 1.78. The lowest BCUT2D eigenvalue weighted by molar-refractivity contribution is 0.0790. The van der Waals surface area contributed by atoms with E-state index in [1.54, 1.807) is 0 Å². The van der Waals surface area contributed by atoms with Gasteiger partial charge >= 0.3 is 0 Å². The van der Waals surface area contributed by atoms with Crippen LogP contribution in [0.25, 0.3) is 0 Å². The molecule has 2 N–H and O–H groups in total. The molecule has 1 amide bonds. The zero-order valence-electron chi connectivity index (χ0n) is 8.32. The second-order valence-corrected chi connectivity index (χ2v) is 4.63. The second-order valence-electron chi connectivity index (χ2n) is 3.78. The van der Waals surface area contributed by atoms with Crippen molar-refractivity contribution < 1.29 is 4.79 Å². The highest BCUT2D eigenvalue weighted by molar-refractivity contribution is 9.10. The molecule has 0 radical (unpaired) electrons. The molecule has 3 nitrogen and oxygen atoms in total. The molecule has 1 aromatic rings. The predicted octanol–water partition coefficient (Wildman–Crippen LogP) is 1.62. The first-order valence-corrected chi connectivity index (χ1v) is 5.77. The van der Waals surface area contributed by atoms with Crippen molar-refractivity contribution in [2.45, 2.75) is 12.5 Å². The van der Waals surface area contributed by atoms with Gasteiger partial charge in [-0.25, -0.2) is 0 Å². The van der Waals surface area contributed by atoms with Crippen molar-refractivity contribution in [1.29, 1.82) is 0 Å². The van der Waals surface area contributed by atoms with Crippen molar-refractivity contribution in [3.8, 4) is 0 Å². The number of rotatable bonds is 1. The highest BCUT2D eigenvalue weighted by Gasteiger charge is 2.25. The van der Waals surface area contributed by atoms with Gasteiger partial charge in [0.2, 0.25) is 0 Å². The van der Waals surface area contributed by atoms with Crippen LogP contribution >= 0.6 is 15.9 Å². The highest BCUT2D eigenvalue weighted by Crippen LogP contribution is 2.19. The minimum atomic E-state index is 0.0652. The van der Waals surface area contributed by atoms with Gasteiger partial charge in [-0.05, 0) is 34.5 Å². The number of nitrogens with zero attached hydrogens (tertiary/aromatic N) is 1. The fourth-order valence-corrected chi connectivity index (χ4v) is 2.23. The third-order valence-corrected chi connectivity index (χ3v) is 3.31. The maximum Gasteiger partial charge on any atom is 0.255 e. The molecular formula is C11H13BrN2O. The fraction of sp³-hybridized carbons (Fsp3) is 0.364. The molecule has 80 valence electrons. The van der Waals surface area contributed by atoms with Crippen LogP contribution < -0.4 is 5.73 Å². The van der Waals surface area contributed by atoms with E-state index in [-0.39, 0.29) is 11.9 Å². The van der Waals surface area contributed by atoms with Crippen LogP contribution in [0.5, 0.6) is 0 Å². The molecule has 1 aliphatic rings. The summed E-state index contributed by atoms with van der Waals surface area (Å²) < 4.78 is 0.843. The predicted molar refractivity (Wildman–Crippen MR) is 62.6 cm³/mol. The lowest BCUT2D eigenvalue weighted by atomic mass is 10.2. The quantitative estimate of drug-likeness (QED) is 0.842. The smallest absolute Gasteiger partial charge is 0.255 e. The zero-order chi connectivity index (χ0) is 10.8. The highest BCUT2D eigenvalue weighted by atomic mass is 79.9. The maximum absolute atomic E-state index is 12.1. The summed E-state index contributed by atoms with van der Waals surface area (Å²) in [5.74, 6) is 0.0652. The summed E-state index contributed by atoms with van der Waals surface area (Å²) in [6.07, 6.45) is 0.899. The van der Waals surface area contributed by atoms with E-state index in [1.165, 1.54) is 0 Å². The van der Waals surface area contributed by atoms with Gasteiger partial charge in [-0.1, -0.05) is 12.1 Å². The van der Waals surface area contributed by atoms with E-state index in [0.29, 0.717) is 12.1 Å². The van der Waals surface area contributed by atoms with E-state index in [2.05, 4.69) is 15.9 Å². The number of carbonyl (C=O) groups is 1. The van der Waals surface area contributed by atoms with Gasteiger partial charge in [0.05, 0.1) is 5.56 Å². The van der Waals surface area contributed by atoms with Gasteiger partial charge in [0.25, 0.3) is 5.91 Å². The molecule has 0 bridgehead atoms. The zero-order valence-corrected chi connectivity index (χ0v) is 9.90. The van der Waals surface area contributed by atoms with Crippen molar-refractivity contribution in [1.82, 2.24) is 4.90 Å². The molecule has 15 heavy (non-hydrogen) atoms. The topological polar surface area (TPSA) is 46.3 Å². The standard InChI is InChI=1S/C11H13BrN2O/c12-10-4-2-1-3-9(10)11(15)14-6-5-8(13)7-14/h1-4,8H,5-7,13H2/t8-/m1/s1. The maximum atomic E-state index is 12.1. The van der Waals surface area contributed by atoms with Crippen LogP contribution in [0.15, 0.2) is 28.7 Å². The van der Waals surface area contributed by atoms with Crippen LogP contribution in [0.2, 0.25) is 0 Å². The van der Waals surface area contributed by atoms with Gasteiger partial charge in [-0.2, -0.15) is 0 Å². The Morgan fingerprint density at radius 3 is 2.80 bits per heavy atom. The largest absolute Gasteiger partial charge is 0.337 e. The number of amides is 1. The third-order valence-electron chi connectivity index (χ3n) is 2.62. The van der Waals surface area contributed by atoms with Crippen LogP contribution in [-0.4, -0.2) is 29.9 Å². The monoisotopic (exact) mass is 268 g/mol. The number of likely N-dealkylation sites (tertiary alicyclic amines) is 1. The molecule has 0 aromatic heterocycles. The molecule has 1 aliphatic heterocycles. The molecule has 1 saturated heterocycles. The Kier molecular flexibility index (Phi) is 3.07. The molecule has 1 fully saturated rings. The van der Waals surface area contributed by atoms with Gasteiger partial charge in [-0.15, -0.1) is 0 Å². The Morgan fingerprint density at radius 2 is 2.20 bits per heavy atom. The Hall–Kier alpha value is -0.870. The molecule has 0 unspecified atom stereocenters. The number of hydrogen-bond donors (Lipinski definition) is 1. The lowest BCUT2D eigenvalue weighted by Crippen LogP contribution is -2.32. The Balaban J connectivity index is 2.18. The molecule has 0 aliphatic carbocycles. The molecule has 4 heteroatoms. The average molecular weight is 269 g/mol. The second kappa shape index (κ2) is 4.33. The minimum absolute atomic E-state index is 0.0652. The first kappa shape index (κ1) is 10.6. The van der Waals surface area contributed by atoms with E-state index in [1.807, 2.05) is 29.2 Å². The van der Waals surface area contributed by atoms with E-state index >= 15 is 0 Å². The number of halogens is 1. The Bertz CT molecular complexity index is 381.